The number of nitrogens with one attached hydrogen (secondary N) is 3. The molecule has 0 fully saturated rings. The summed E-state index contributed by atoms with van der Waals surface area (Å²) in [6, 6.07) is 14.7. The Labute approximate surface area is 137 Å². The predicted octanol–water partition coefficient (Wildman–Crippen LogP) is 4.80. The van der Waals surface area contributed by atoms with Crippen LogP contribution >= 0.6 is 23.2 Å². The van der Waals surface area contributed by atoms with Gasteiger partial charge in [0.15, 0.2) is 0 Å². The lowest BCUT2D eigenvalue weighted by molar-refractivity contribution is 0.251. The van der Waals surface area contributed by atoms with Crippen LogP contribution in [0.25, 0.3) is 10.9 Å². The van der Waals surface area contributed by atoms with E-state index in [4.69, 9.17) is 23.2 Å². The summed E-state index contributed by atoms with van der Waals surface area (Å²) in [6.07, 6.45) is 0. The third-order valence-corrected chi connectivity index (χ3v) is 3.95. The quantitative estimate of drug-likeness (QED) is 0.633. The van der Waals surface area contributed by atoms with Crippen molar-refractivity contribution in [2.45, 2.75) is 6.54 Å². The van der Waals surface area contributed by atoms with E-state index in [0.29, 0.717) is 22.4 Å². The summed E-state index contributed by atoms with van der Waals surface area (Å²) in [5, 5.41) is 7.54. The molecule has 3 rings (SSSR count). The molecular weight excluding hydrogens is 321 g/mol. The summed E-state index contributed by atoms with van der Waals surface area (Å²) < 4.78 is 0. The molecule has 1 heterocycles. The number of amides is 2. The second kappa shape index (κ2) is 6.30. The van der Waals surface area contributed by atoms with Crippen LogP contribution in [0.4, 0.5) is 10.6 Å². The van der Waals surface area contributed by atoms with Gasteiger partial charge in [-0.15, -0.1) is 0 Å². The molecule has 0 atom stereocenters. The topological polar surface area (TPSA) is 56.9 Å². The normalized spacial score (nSPS) is 10.6. The average molecular weight is 334 g/mol. The first-order valence-corrected chi connectivity index (χ1v) is 7.44. The highest BCUT2D eigenvalue weighted by Crippen LogP contribution is 2.22. The molecule has 2 aromatic carbocycles. The summed E-state index contributed by atoms with van der Waals surface area (Å²) in [5.41, 5.74) is 1.85. The zero-order chi connectivity index (χ0) is 15.5. The van der Waals surface area contributed by atoms with Gasteiger partial charge in [0.25, 0.3) is 0 Å². The number of hydrogen-bond donors (Lipinski definition) is 3. The molecule has 112 valence electrons. The van der Waals surface area contributed by atoms with Gasteiger partial charge in [0.05, 0.1) is 10.0 Å². The Hall–Kier alpha value is -2.17. The molecule has 0 aliphatic carbocycles. The molecule has 0 saturated carbocycles. The highest BCUT2D eigenvalue weighted by molar-refractivity contribution is 6.42. The summed E-state index contributed by atoms with van der Waals surface area (Å²) in [7, 11) is 0. The molecule has 0 radical (unpaired) electrons. The van der Waals surface area contributed by atoms with E-state index < -0.39 is 0 Å². The highest BCUT2D eigenvalue weighted by atomic mass is 35.5. The number of urea groups is 1. The first kappa shape index (κ1) is 14.8. The lowest BCUT2D eigenvalue weighted by atomic mass is 10.2. The fraction of sp³-hybridized carbons (Fsp3) is 0.0625. The molecule has 2 amide bonds. The SMILES string of the molecule is O=C(NCc1ccc(Cl)c(Cl)c1)Nc1cc2ccccc2[nH]1. The smallest absolute Gasteiger partial charge is 0.320 e. The molecule has 4 nitrogen and oxygen atoms in total. The Morgan fingerprint density at radius 2 is 1.86 bits per heavy atom. The lowest BCUT2D eigenvalue weighted by Crippen LogP contribution is -2.28. The molecule has 0 aliphatic heterocycles. The van der Waals surface area contributed by atoms with Gasteiger partial charge >= 0.3 is 6.03 Å². The van der Waals surface area contributed by atoms with Crippen LogP contribution in [-0.2, 0) is 6.54 Å². The zero-order valence-electron chi connectivity index (χ0n) is 11.5. The van der Waals surface area contributed by atoms with Crippen molar-refractivity contribution in [2.75, 3.05) is 5.32 Å². The number of aromatic nitrogens is 1. The van der Waals surface area contributed by atoms with E-state index in [1.165, 1.54) is 0 Å². The molecule has 3 aromatic rings. The Bertz CT molecular complexity index is 796. The first-order valence-electron chi connectivity index (χ1n) is 6.68. The number of fused-ring (bicyclic) bond motifs is 1. The van der Waals surface area contributed by atoms with Gasteiger partial charge in [0.2, 0.25) is 0 Å². The van der Waals surface area contributed by atoms with E-state index in [9.17, 15) is 4.79 Å². The van der Waals surface area contributed by atoms with Gasteiger partial charge < -0.3 is 10.3 Å². The minimum absolute atomic E-state index is 0.294. The van der Waals surface area contributed by atoms with Gasteiger partial charge in [-0.2, -0.15) is 0 Å². The van der Waals surface area contributed by atoms with E-state index in [1.54, 1.807) is 12.1 Å². The number of para-hydroxylation sites is 1. The number of anilines is 1. The van der Waals surface area contributed by atoms with Gasteiger partial charge in [-0.3, -0.25) is 5.32 Å². The van der Waals surface area contributed by atoms with E-state index in [2.05, 4.69) is 15.6 Å². The number of carbonyl (C=O) groups excluding carboxylic acids is 1. The largest absolute Gasteiger partial charge is 0.341 e. The molecule has 0 aliphatic rings. The van der Waals surface area contributed by atoms with Crippen LogP contribution in [0.3, 0.4) is 0 Å². The molecule has 6 heteroatoms. The number of halogens is 2. The number of benzene rings is 2. The van der Waals surface area contributed by atoms with Crippen molar-refractivity contribution >= 4 is 46.0 Å². The second-order valence-electron chi connectivity index (χ2n) is 4.83. The molecular formula is C16H13Cl2N3O. The maximum absolute atomic E-state index is 11.9. The van der Waals surface area contributed by atoms with Gasteiger partial charge in [0.1, 0.15) is 5.82 Å². The third kappa shape index (κ3) is 3.35. The highest BCUT2D eigenvalue weighted by Gasteiger charge is 2.05. The van der Waals surface area contributed by atoms with Crippen LogP contribution in [-0.4, -0.2) is 11.0 Å². The van der Waals surface area contributed by atoms with Crippen molar-refractivity contribution in [1.82, 2.24) is 10.3 Å². The Morgan fingerprint density at radius 1 is 1.05 bits per heavy atom. The zero-order valence-corrected chi connectivity index (χ0v) is 13.0. The van der Waals surface area contributed by atoms with E-state index in [-0.39, 0.29) is 6.03 Å². The number of hydrogen-bond acceptors (Lipinski definition) is 1. The maximum atomic E-state index is 11.9. The fourth-order valence-electron chi connectivity index (χ4n) is 2.14. The van der Waals surface area contributed by atoms with Crippen molar-refractivity contribution in [1.29, 1.82) is 0 Å². The van der Waals surface area contributed by atoms with Crippen molar-refractivity contribution in [3.63, 3.8) is 0 Å². The first-order chi connectivity index (χ1) is 10.6. The van der Waals surface area contributed by atoms with Gasteiger partial charge in [-0.05, 0) is 29.8 Å². The van der Waals surface area contributed by atoms with Crippen LogP contribution in [0.2, 0.25) is 10.0 Å². The average Bonchev–Trinajstić information content (AvgIpc) is 2.90. The van der Waals surface area contributed by atoms with E-state index in [0.717, 1.165) is 16.5 Å². The van der Waals surface area contributed by atoms with Crippen molar-refractivity contribution in [3.05, 3.63) is 64.1 Å². The number of rotatable bonds is 3. The Kier molecular flexibility index (Phi) is 4.22. The lowest BCUT2D eigenvalue weighted by Gasteiger charge is -2.07. The Balaban J connectivity index is 1.61. The van der Waals surface area contributed by atoms with Gasteiger partial charge in [-0.1, -0.05) is 47.5 Å². The Morgan fingerprint density at radius 3 is 2.64 bits per heavy atom. The fourth-order valence-corrected chi connectivity index (χ4v) is 2.46. The van der Waals surface area contributed by atoms with Gasteiger partial charge in [0, 0.05) is 17.4 Å². The number of aromatic amines is 1. The minimum Gasteiger partial charge on any atom is -0.341 e. The third-order valence-electron chi connectivity index (χ3n) is 3.22. The molecule has 0 bridgehead atoms. The van der Waals surface area contributed by atoms with Crippen molar-refractivity contribution < 1.29 is 4.79 Å². The molecule has 0 saturated heterocycles. The maximum Gasteiger partial charge on any atom is 0.320 e. The predicted molar refractivity (Wildman–Crippen MR) is 90.6 cm³/mol. The summed E-state index contributed by atoms with van der Waals surface area (Å²) >= 11 is 11.8. The van der Waals surface area contributed by atoms with Crippen LogP contribution in [0.1, 0.15) is 5.56 Å². The minimum atomic E-state index is -0.294. The van der Waals surface area contributed by atoms with Crippen molar-refractivity contribution in [2.24, 2.45) is 0 Å². The van der Waals surface area contributed by atoms with E-state index in [1.807, 2.05) is 36.4 Å². The monoisotopic (exact) mass is 333 g/mol. The molecule has 1 aromatic heterocycles. The van der Waals surface area contributed by atoms with Crippen LogP contribution in [0.5, 0.6) is 0 Å². The van der Waals surface area contributed by atoms with Crippen molar-refractivity contribution in [3.8, 4) is 0 Å². The summed E-state index contributed by atoms with van der Waals surface area (Å²) in [4.78, 5) is 15.0. The molecule has 0 spiro atoms. The summed E-state index contributed by atoms with van der Waals surface area (Å²) in [5.74, 6) is 0.646. The van der Waals surface area contributed by atoms with Crippen LogP contribution in [0, 0.1) is 0 Å². The number of carbonyl (C=O) groups is 1. The molecule has 3 N–H and O–H groups in total. The summed E-state index contributed by atoms with van der Waals surface area (Å²) in [6.45, 7) is 0.364. The standard InChI is InChI=1S/C16H13Cl2N3O/c17-12-6-5-10(7-13(12)18)9-19-16(22)21-15-8-11-3-1-2-4-14(11)20-15/h1-8,20H,9H2,(H2,19,21,22). The number of H-pyrrole nitrogens is 1. The molecule has 22 heavy (non-hydrogen) atoms. The van der Waals surface area contributed by atoms with Gasteiger partial charge in [-0.25, -0.2) is 4.79 Å². The molecule has 0 unspecified atom stereocenters. The van der Waals surface area contributed by atoms with Crippen LogP contribution < -0.4 is 10.6 Å². The van der Waals surface area contributed by atoms with Crippen LogP contribution in [0.15, 0.2) is 48.5 Å². The second-order valence-corrected chi connectivity index (χ2v) is 5.64. The van der Waals surface area contributed by atoms with E-state index >= 15 is 0 Å².